The van der Waals surface area contributed by atoms with Crippen LogP contribution in [0.1, 0.15) is 20.3 Å². The Morgan fingerprint density at radius 3 is 2.21 bits per heavy atom. The zero-order chi connectivity index (χ0) is 11.4. The maximum atomic E-state index is 10.6. The largest absolute Gasteiger partial charge is 0.480 e. The summed E-state index contributed by atoms with van der Waals surface area (Å²) in [5.74, 6) is -0.937. The van der Waals surface area contributed by atoms with Gasteiger partial charge >= 0.3 is 13.6 Å². The fourth-order valence-electron chi connectivity index (χ4n) is 0.972. The molecule has 7 heteroatoms. The SMILES string of the molecule is CC(C)C[C@H](NCP(=O)(O)O)C(=O)O. The van der Waals surface area contributed by atoms with Gasteiger partial charge in [0.05, 0.1) is 6.29 Å². The van der Waals surface area contributed by atoms with Crippen molar-refractivity contribution in [2.24, 2.45) is 5.92 Å². The van der Waals surface area contributed by atoms with Crippen molar-refractivity contribution >= 4 is 13.6 Å². The number of hydrogen-bond acceptors (Lipinski definition) is 3. The van der Waals surface area contributed by atoms with Gasteiger partial charge in [0.2, 0.25) is 0 Å². The fourth-order valence-corrected chi connectivity index (χ4v) is 1.43. The Morgan fingerprint density at radius 1 is 1.43 bits per heavy atom. The van der Waals surface area contributed by atoms with E-state index in [9.17, 15) is 9.36 Å². The van der Waals surface area contributed by atoms with E-state index in [0.717, 1.165) is 0 Å². The van der Waals surface area contributed by atoms with Gasteiger partial charge in [-0.3, -0.25) is 14.7 Å². The quantitative estimate of drug-likeness (QED) is 0.481. The molecule has 0 rings (SSSR count). The minimum absolute atomic E-state index is 0.153. The second-order valence-electron chi connectivity index (χ2n) is 3.55. The van der Waals surface area contributed by atoms with Crippen LogP contribution in [0, 0.1) is 5.92 Å². The Bertz CT molecular complexity index is 236. The Kier molecular flexibility index (Phi) is 5.29. The van der Waals surface area contributed by atoms with Gasteiger partial charge in [-0.25, -0.2) is 0 Å². The molecule has 0 bridgehead atoms. The second-order valence-corrected chi connectivity index (χ2v) is 5.19. The summed E-state index contributed by atoms with van der Waals surface area (Å²) in [4.78, 5) is 27.7. The molecular formula is C7H16NO5P. The number of hydrogen-bond donors (Lipinski definition) is 4. The fraction of sp³-hybridized carbons (Fsp3) is 0.857. The molecule has 1 atom stereocenters. The minimum atomic E-state index is -4.18. The van der Waals surface area contributed by atoms with E-state index >= 15 is 0 Å². The average molecular weight is 225 g/mol. The Balaban J connectivity index is 4.11. The molecular weight excluding hydrogens is 209 g/mol. The highest BCUT2D eigenvalue weighted by Gasteiger charge is 2.22. The lowest BCUT2D eigenvalue weighted by atomic mass is 10.0. The van der Waals surface area contributed by atoms with Gasteiger partial charge in [-0.05, 0) is 12.3 Å². The number of nitrogens with one attached hydrogen (secondary N) is 1. The molecule has 4 N–H and O–H groups in total. The lowest BCUT2D eigenvalue weighted by Crippen LogP contribution is -2.38. The van der Waals surface area contributed by atoms with Gasteiger partial charge in [0.15, 0.2) is 0 Å². The molecule has 0 saturated heterocycles. The Morgan fingerprint density at radius 2 is 1.93 bits per heavy atom. The number of carboxylic acid groups (broad SMARTS) is 1. The molecule has 0 radical (unpaired) electrons. The molecule has 0 heterocycles. The topological polar surface area (TPSA) is 107 Å². The van der Waals surface area contributed by atoms with Crippen LogP contribution in [-0.2, 0) is 9.36 Å². The highest BCUT2D eigenvalue weighted by Crippen LogP contribution is 2.32. The first-order valence-corrected chi connectivity index (χ1v) is 6.03. The van der Waals surface area contributed by atoms with E-state index in [2.05, 4.69) is 5.32 Å². The van der Waals surface area contributed by atoms with E-state index < -0.39 is 25.9 Å². The highest BCUT2D eigenvalue weighted by atomic mass is 31.2. The summed E-state index contributed by atoms with van der Waals surface area (Å²) in [5.41, 5.74) is 0. The standard InChI is InChI=1S/C7H16NO5P/c1-5(2)3-6(7(9)10)8-4-14(11,12)13/h5-6,8H,3-4H2,1-2H3,(H,9,10)(H2,11,12,13)/t6-/m0/s1. The van der Waals surface area contributed by atoms with Crippen molar-refractivity contribution in [1.29, 1.82) is 0 Å². The van der Waals surface area contributed by atoms with E-state index in [1.54, 1.807) is 0 Å². The van der Waals surface area contributed by atoms with Crippen molar-refractivity contribution in [2.75, 3.05) is 6.29 Å². The summed E-state index contributed by atoms with van der Waals surface area (Å²) >= 11 is 0. The summed E-state index contributed by atoms with van der Waals surface area (Å²) in [5, 5.41) is 11.0. The van der Waals surface area contributed by atoms with Gasteiger partial charge in [-0.1, -0.05) is 13.8 Å². The van der Waals surface area contributed by atoms with Crippen LogP contribution in [0.25, 0.3) is 0 Å². The molecule has 0 spiro atoms. The second kappa shape index (κ2) is 5.46. The summed E-state index contributed by atoms with van der Waals surface area (Å²) in [6.45, 7) is 3.68. The smallest absolute Gasteiger partial charge is 0.339 e. The molecule has 0 saturated carbocycles. The van der Waals surface area contributed by atoms with E-state index in [1.165, 1.54) is 0 Å². The zero-order valence-electron chi connectivity index (χ0n) is 8.17. The molecule has 0 aliphatic rings. The Labute approximate surface area is 82.5 Å². The van der Waals surface area contributed by atoms with Crippen LogP contribution in [0.3, 0.4) is 0 Å². The molecule has 0 amide bonds. The molecule has 0 aromatic rings. The average Bonchev–Trinajstić information content (AvgIpc) is 1.94. The summed E-state index contributed by atoms with van der Waals surface area (Å²) in [7, 11) is -4.18. The van der Waals surface area contributed by atoms with Gasteiger partial charge in [0.25, 0.3) is 0 Å². The molecule has 0 unspecified atom stereocenters. The van der Waals surface area contributed by atoms with Crippen molar-refractivity contribution in [3.8, 4) is 0 Å². The van der Waals surface area contributed by atoms with E-state index in [0.29, 0.717) is 6.42 Å². The maximum Gasteiger partial charge on any atom is 0.339 e. The lowest BCUT2D eigenvalue weighted by molar-refractivity contribution is -0.139. The van der Waals surface area contributed by atoms with Crippen LogP contribution in [0.5, 0.6) is 0 Å². The highest BCUT2D eigenvalue weighted by molar-refractivity contribution is 7.51. The third kappa shape index (κ3) is 7.03. The van der Waals surface area contributed by atoms with Gasteiger partial charge in [-0.2, -0.15) is 0 Å². The van der Waals surface area contributed by atoms with Gasteiger partial charge in [0.1, 0.15) is 6.04 Å². The van der Waals surface area contributed by atoms with Gasteiger partial charge in [0, 0.05) is 0 Å². The third-order valence-corrected chi connectivity index (χ3v) is 2.14. The molecule has 14 heavy (non-hydrogen) atoms. The van der Waals surface area contributed by atoms with Crippen molar-refractivity contribution in [3.05, 3.63) is 0 Å². The van der Waals surface area contributed by atoms with Crippen LogP contribution in [0.2, 0.25) is 0 Å². The molecule has 0 aromatic carbocycles. The van der Waals surface area contributed by atoms with Gasteiger partial charge in [-0.15, -0.1) is 0 Å². The number of aliphatic carboxylic acids is 1. The van der Waals surface area contributed by atoms with Crippen LogP contribution in [0.4, 0.5) is 0 Å². The predicted molar refractivity (Wildman–Crippen MR) is 50.9 cm³/mol. The molecule has 0 aliphatic heterocycles. The zero-order valence-corrected chi connectivity index (χ0v) is 9.07. The lowest BCUT2D eigenvalue weighted by Gasteiger charge is -2.16. The number of carboxylic acids is 1. The predicted octanol–water partition coefficient (Wildman–Crippen LogP) is 0.210. The first-order valence-electron chi connectivity index (χ1n) is 4.23. The summed E-state index contributed by atoms with van der Waals surface area (Å²) in [6.07, 6.45) is -0.258. The Hall–Kier alpha value is -0.420. The monoisotopic (exact) mass is 225 g/mol. The molecule has 84 valence electrons. The summed E-state index contributed by atoms with van der Waals surface area (Å²) in [6, 6.07) is -0.900. The molecule has 0 aromatic heterocycles. The van der Waals surface area contributed by atoms with E-state index in [4.69, 9.17) is 14.9 Å². The van der Waals surface area contributed by atoms with Crippen LogP contribution in [0.15, 0.2) is 0 Å². The summed E-state index contributed by atoms with van der Waals surface area (Å²) < 4.78 is 10.5. The van der Waals surface area contributed by atoms with Crippen molar-refractivity contribution in [2.45, 2.75) is 26.3 Å². The minimum Gasteiger partial charge on any atom is -0.480 e. The molecule has 6 nitrogen and oxygen atoms in total. The van der Waals surface area contributed by atoms with Crippen molar-refractivity contribution in [1.82, 2.24) is 5.32 Å². The number of carbonyl (C=O) groups is 1. The van der Waals surface area contributed by atoms with Crippen LogP contribution >= 0.6 is 7.60 Å². The molecule has 0 fully saturated rings. The van der Waals surface area contributed by atoms with Gasteiger partial charge < -0.3 is 14.9 Å². The normalized spacial score (nSPS) is 14.4. The first kappa shape index (κ1) is 13.6. The van der Waals surface area contributed by atoms with E-state index in [-0.39, 0.29) is 5.92 Å². The van der Waals surface area contributed by atoms with E-state index in [1.807, 2.05) is 13.8 Å². The van der Waals surface area contributed by atoms with Crippen molar-refractivity contribution < 1.29 is 24.3 Å². The van der Waals surface area contributed by atoms with Crippen molar-refractivity contribution in [3.63, 3.8) is 0 Å². The number of rotatable bonds is 6. The first-order chi connectivity index (χ1) is 6.22. The van der Waals surface area contributed by atoms with Crippen LogP contribution < -0.4 is 5.32 Å². The van der Waals surface area contributed by atoms with Crippen LogP contribution in [-0.4, -0.2) is 33.2 Å². The maximum absolute atomic E-state index is 10.6. The molecule has 0 aliphatic carbocycles. The third-order valence-electron chi connectivity index (χ3n) is 1.55.